The van der Waals surface area contributed by atoms with Crippen molar-refractivity contribution >= 4 is 17.3 Å². The van der Waals surface area contributed by atoms with Gasteiger partial charge in [0, 0.05) is 18.0 Å². The summed E-state index contributed by atoms with van der Waals surface area (Å²) in [6.07, 6.45) is 1.64. The number of aliphatic carboxylic acids is 1. The lowest BCUT2D eigenvalue weighted by Gasteiger charge is -2.09. The molecule has 0 amide bonds. The van der Waals surface area contributed by atoms with E-state index in [1.807, 2.05) is 11.4 Å². The third-order valence-corrected chi connectivity index (χ3v) is 3.53. The highest BCUT2D eigenvalue weighted by atomic mass is 32.1. The highest BCUT2D eigenvalue weighted by molar-refractivity contribution is 7.09. The van der Waals surface area contributed by atoms with E-state index in [2.05, 4.69) is 11.4 Å². The molecule has 1 aromatic rings. The van der Waals surface area contributed by atoms with Gasteiger partial charge in [0.25, 0.3) is 0 Å². The zero-order chi connectivity index (χ0) is 10.0. The lowest BCUT2D eigenvalue weighted by molar-refractivity contribution is -0.143. The van der Waals surface area contributed by atoms with Crippen molar-refractivity contribution < 1.29 is 9.90 Å². The van der Waals surface area contributed by atoms with E-state index in [4.69, 9.17) is 5.11 Å². The van der Waals surface area contributed by atoms with E-state index >= 15 is 0 Å². The van der Waals surface area contributed by atoms with Gasteiger partial charge in [0.2, 0.25) is 0 Å². The molecular formula is C10H13NO2S. The first-order chi connectivity index (χ1) is 6.73. The minimum Gasteiger partial charge on any atom is -0.481 e. The van der Waals surface area contributed by atoms with E-state index in [0.717, 1.165) is 19.4 Å². The van der Waals surface area contributed by atoms with Gasteiger partial charge in [-0.15, -0.1) is 11.3 Å². The van der Waals surface area contributed by atoms with Crippen molar-refractivity contribution in [3.63, 3.8) is 0 Å². The first-order valence-electron chi connectivity index (χ1n) is 4.69. The van der Waals surface area contributed by atoms with Crippen LogP contribution in [0.4, 0.5) is 0 Å². The van der Waals surface area contributed by atoms with Crippen molar-refractivity contribution in [2.75, 3.05) is 6.54 Å². The molecule has 0 spiro atoms. The number of thiophene rings is 1. The Balaban J connectivity index is 1.76. The molecule has 76 valence electrons. The van der Waals surface area contributed by atoms with Crippen LogP contribution in [0.2, 0.25) is 0 Å². The first-order valence-corrected chi connectivity index (χ1v) is 5.57. The molecule has 1 aliphatic carbocycles. The second kappa shape index (κ2) is 3.71. The molecule has 0 atom stereocenters. The molecule has 4 heteroatoms. The lowest BCUT2D eigenvalue weighted by Crippen LogP contribution is -2.29. The van der Waals surface area contributed by atoms with E-state index in [0.29, 0.717) is 6.54 Å². The summed E-state index contributed by atoms with van der Waals surface area (Å²) in [6, 6.07) is 4.06. The molecule has 0 saturated heterocycles. The summed E-state index contributed by atoms with van der Waals surface area (Å²) in [7, 11) is 0. The fraction of sp³-hybridized carbons (Fsp3) is 0.500. The summed E-state index contributed by atoms with van der Waals surface area (Å²) < 4.78 is 0. The second-order valence-electron chi connectivity index (χ2n) is 3.77. The smallest absolute Gasteiger partial charge is 0.310 e. The van der Waals surface area contributed by atoms with Crippen LogP contribution in [0.15, 0.2) is 17.5 Å². The van der Waals surface area contributed by atoms with Crippen LogP contribution in [0.3, 0.4) is 0 Å². The van der Waals surface area contributed by atoms with Crippen LogP contribution >= 0.6 is 11.3 Å². The maximum atomic E-state index is 10.8. The predicted octanol–water partition coefficient (Wildman–Crippen LogP) is 1.70. The summed E-state index contributed by atoms with van der Waals surface area (Å²) in [6.45, 7) is 1.38. The van der Waals surface area contributed by atoms with Crippen molar-refractivity contribution in [2.45, 2.75) is 19.4 Å². The van der Waals surface area contributed by atoms with E-state index in [-0.39, 0.29) is 0 Å². The van der Waals surface area contributed by atoms with Crippen LogP contribution < -0.4 is 5.32 Å². The topological polar surface area (TPSA) is 49.3 Å². The second-order valence-corrected chi connectivity index (χ2v) is 4.80. The minimum atomic E-state index is -0.656. The number of hydrogen-bond donors (Lipinski definition) is 2. The number of carbonyl (C=O) groups is 1. The zero-order valence-electron chi connectivity index (χ0n) is 7.82. The Bertz CT molecular complexity index is 317. The SMILES string of the molecule is O=C(O)C1(CNCc2cccs2)CC1. The third-order valence-electron chi connectivity index (χ3n) is 2.65. The molecule has 0 aromatic carbocycles. The monoisotopic (exact) mass is 211 g/mol. The first kappa shape index (κ1) is 9.68. The Labute approximate surface area is 86.8 Å². The third kappa shape index (κ3) is 1.96. The molecule has 14 heavy (non-hydrogen) atoms. The van der Waals surface area contributed by atoms with E-state index in [1.165, 1.54) is 4.88 Å². The van der Waals surface area contributed by atoms with Gasteiger partial charge in [-0.2, -0.15) is 0 Å². The maximum Gasteiger partial charge on any atom is 0.310 e. The van der Waals surface area contributed by atoms with Crippen molar-refractivity contribution in [3.05, 3.63) is 22.4 Å². The van der Waals surface area contributed by atoms with Gasteiger partial charge in [0.05, 0.1) is 5.41 Å². The predicted molar refractivity (Wildman–Crippen MR) is 55.3 cm³/mol. The Morgan fingerprint density at radius 3 is 2.93 bits per heavy atom. The zero-order valence-corrected chi connectivity index (χ0v) is 8.64. The molecule has 1 aromatic heterocycles. The van der Waals surface area contributed by atoms with Gasteiger partial charge in [-0.1, -0.05) is 6.07 Å². The van der Waals surface area contributed by atoms with Gasteiger partial charge in [0.15, 0.2) is 0 Å². The highest BCUT2D eigenvalue weighted by Crippen LogP contribution is 2.45. The van der Waals surface area contributed by atoms with Crippen LogP contribution in [-0.4, -0.2) is 17.6 Å². The standard InChI is InChI=1S/C10H13NO2S/c12-9(13)10(3-4-10)7-11-6-8-2-1-5-14-8/h1-2,5,11H,3-4,6-7H2,(H,12,13). The number of carboxylic acids is 1. The maximum absolute atomic E-state index is 10.8. The summed E-state index contributed by atoms with van der Waals surface area (Å²) in [4.78, 5) is 12.1. The minimum absolute atomic E-state index is 0.447. The molecule has 3 nitrogen and oxygen atoms in total. The molecule has 1 aliphatic rings. The molecule has 2 N–H and O–H groups in total. The lowest BCUT2D eigenvalue weighted by atomic mass is 10.1. The normalized spacial score (nSPS) is 18.0. The molecule has 0 bridgehead atoms. The van der Waals surface area contributed by atoms with Crippen molar-refractivity contribution in [3.8, 4) is 0 Å². The number of rotatable bonds is 5. The Kier molecular flexibility index (Phi) is 2.56. The van der Waals surface area contributed by atoms with E-state index in [1.54, 1.807) is 11.3 Å². The molecular weight excluding hydrogens is 198 g/mol. The largest absolute Gasteiger partial charge is 0.481 e. The molecule has 1 saturated carbocycles. The quantitative estimate of drug-likeness (QED) is 0.779. The number of nitrogens with one attached hydrogen (secondary N) is 1. The number of carboxylic acid groups (broad SMARTS) is 1. The van der Waals surface area contributed by atoms with Crippen LogP contribution in [0, 0.1) is 5.41 Å². The molecule has 1 fully saturated rings. The Morgan fingerprint density at radius 2 is 2.43 bits per heavy atom. The molecule has 1 heterocycles. The molecule has 0 aliphatic heterocycles. The average molecular weight is 211 g/mol. The summed E-state index contributed by atoms with van der Waals surface area (Å²) in [5.41, 5.74) is -0.447. The Morgan fingerprint density at radius 1 is 1.64 bits per heavy atom. The fourth-order valence-corrected chi connectivity index (χ4v) is 2.13. The number of hydrogen-bond acceptors (Lipinski definition) is 3. The summed E-state index contributed by atoms with van der Waals surface area (Å²) in [5.74, 6) is -0.656. The summed E-state index contributed by atoms with van der Waals surface area (Å²) in [5, 5.41) is 14.2. The van der Waals surface area contributed by atoms with Crippen molar-refractivity contribution in [1.82, 2.24) is 5.32 Å². The Hall–Kier alpha value is -0.870. The average Bonchev–Trinajstić information content (AvgIpc) is 2.76. The van der Waals surface area contributed by atoms with Gasteiger partial charge in [-0.3, -0.25) is 4.79 Å². The van der Waals surface area contributed by atoms with Gasteiger partial charge in [-0.05, 0) is 24.3 Å². The van der Waals surface area contributed by atoms with Gasteiger partial charge >= 0.3 is 5.97 Å². The van der Waals surface area contributed by atoms with E-state index < -0.39 is 11.4 Å². The van der Waals surface area contributed by atoms with Gasteiger partial charge in [0.1, 0.15) is 0 Å². The fourth-order valence-electron chi connectivity index (χ4n) is 1.46. The molecule has 0 unspecified atom stereocenters. The van der Waals surface area contributed by atoms with Crippen LogP contribution in [0.1, 0.15) is 17.7 Å². The van der Waals surface area contributed by atoms with Crippen molar-refractivity contribution in [2.24, 2.45) is 5.41 Å². The van der Waals surface area contributed by atoms with Gasteiger partial charge in [-0.25, -0.2) is 0 Å². The van der Waals surface area contributed by atoms with Crippen LogP contribution in [0.25, 0.3) is 0 Å². The molecule has 0 radical (unpaired) electrons. The van der Waals surface area contributed by atoms with Gasteiger partial charge < -0.3 is 10.4 Å². The molecule has 2 rings (SSSR count). The van der Waals surface area contributed by atoms with Crippen molar-refractivity contribution in [1.29, 1.82) is 0 Å². The van der Waals surface area contributed by atoms with Crippen LogP contribution in [0.5, 0.6) is 0 Å². The van der Waals surface area contributed by atoms with E-state index in [9.17, 15) is 4.79 Å². The van der Waals surface area contributed by atoms with Crippen LogP contribution in [-0.2, 0) is 11.3 Å². The summed E-state index contributed by atoms with van der Waals surface area (Å²) >= 11 is 1.69. The highest BCUT2D eigenvalue weighted by Gasteiger charge is 2.49.